The van der Waals surface area contributed by atoms with Crippen LogP contribution < -0.4 is 20.1 Å². The molecule has 3 aromatic rings. The van der Waals surface area contributed by atoms with Crippen molar-refractivity contribution >= 4 is 34.0 Å². The molecule has 2 aromatic carbocycles. The first-order valence-corrected chi connectivity index (χ1v) is 12.0. The molecule has 1 aliphatic rings. The Hall–Kier alpha value is -3.43. The normalized spacial score (nSPS) is 16.0. The molecule has 8 nitrogen and oxygen atoms in total. The Labute approximate surface area is 202 Å². The molecule has 0 radical (unpaired) electrons. The summed E-state index contributed by atoms with van der Waals surface area (Å²) in [6, 6.07) is 15.0. The van der Waals surface area contributed by atoms with Crippen molar-refractivity contribution in [3.8, 4) is 22.8 Å². The molecule has 0 spiro atoms. The zero-order valence-electron chi connectivity index (χ0n) is 19.2. The molecule has 2 heterocycles. The zero-order chi connectivity index (χ0) is 23.9. The zero-order valence-corrected chi connectivity index (χ0v) is 20.1. The van der Waals surface area contributed by atoms with Crippen molar-refractivity contribution in [3.05, 3.63) is 53.9 Å². The lowest BCUT2D eigenvalue weighted by Gasteiger charge is -2.31. The van der Waals surface area contributed by atoms with Crippen molar-refractivity contribution in [3.63, 3.8) is 0 Å². The standard InChI is InChI=1S/C25H28N4O4S/c1-32-21-11-10-17(13-22(21)33-2)20-16-34-25(27-20)28-23(30)15-29-12-6-7-18(14-29)24(31)26-19-8-4-3-5-9-19/h3-5,8-11,13,16,18H,6-7,12,14-15H2,1-2H3,(H,26,31)(H,27,28,30). The summed E-state index contributed by atoms with van der Waals surface area (Å²) in [5.41, 5.74) is 2.41. The van der Waals surface area contributed by atoms with Crippen LogP contribution in [-0.2, 0) is 9.59 Å². The number of piperidine rings is 1. The number of hydrogen-bond donors (Lipinski definition) is 2. The van der Waals surface area contributed by atoms with E-state index in [0.717, 1.165) is 36.3 Å². The van der Waals surface area contributed by atoms with Gasteiger partial charge in [0.2, 0.25) is 11.8 Å². The Morgan fingerprint density at radius 2 is 1.88 bits per heavy atom. The molecule has 34 heavy (non-hydrogen) atoms. The molecule has 1 fully saturated rings. The molecular weight excluding hydrogens is 452 g/mol. The van der Waals surface area contributed by atoms with Gasteiger partial charge in [-0.1, -0.05) is 18.2 Å². The molecule has 9 heteroatoms. The molecule has 2 N–H and O–H groups in total. The third-order valence-corrected chi connectivity index (χ3v) is 6.47. The fourth-order valence-electron chi connectivity index (χ4n) is 4.00. The minimum atomic E-state index is -0.141. The molecule has 1 unspecified atom stereocenters. The third kappa shape index (κ3) is 5.92. The number of nitrogens with zero attached hydrogens (tertiary/aromatic N) is 2. The topological polar surface area (TPSA) is 92.8 Å². The van der Waals surface area contributed by atoms with Gasteiger partial charge in [0.15, 0.2) is 16.6 Å². The van der Waals surface area contributed by atoms with E-state index in [9.17, 15) is 9.59 Å². The van der Waals surface area contributed by atoms with Crippen LogP contribution in [0.15, 0.2) is 53.9 Å². The average Bonchev–Trinajstić information content (AvgIpc) is 3.32. The van der Waals surface area contributed by atoms with Gasteiger partial charge in [0, 0.05) is 23.2 Å². The first-order chi connectivity index (χ1) is 16.6. The molecule has 2 amide bonds. The molecule has 4 rings (SSSR count). The maximum absolute atomic E-state index is 12.7. The Morgan fingerprint density at radius 3 is 2.65 bits per heavy atom. The Bertz CT molecular complexity index is 1130. The van der Waals surface area contributed by atoms with E-state index >= 15 is 0 Å². The summed E-state index contributed by atoms with van der Waals surface area (Å²) < 4.78 is 10.6. The van der Waals surface area contributed by atoms with Crippen LogP contribution in [0.3, 0.4) is 0 Å². The summed E-state index contributed by atoms with van der Waals surface area (Å²) >= 11 is 1.37. The molecule has 1 atom stereocenters. The van der Waals surface area contributed by atoms with E-state index in [2.05, 4.69) is 15.6 Å². The molecule has 178 valence electrons. The van der Waals surface area contributed by atoms with Gasteiger partial charge < -0.3 is 20.1 Å². The summed E-state index contributed by atoms with van der Waals surface area (Å²) in [6.45, 7) is 1.57. The van der Waals surface area contributed by atoms with Gasteiger partial charge in [-0.2, -0.15) is 0 Å². The summed E-state index contributed by atoms with van der Waals surface area (Å²) in [4.78, 5) is 31.9. The lowest BCUT2D eigenvalue weighted by Crippen LogP contribution is -2.43. The van der Waals surface area contributed by atoms with Crippen molar-refractivity contribution in [1.29, 1.82) is 0 Å². The van der Waals surface area contributed by atoms with Gasteiger partial charge in [-0.05, 0) is 49.7 Å². The van der Waals surface area contributed by atoms with Crippen molar-refractivity contribution in [1.82, 2.24) is 9.88 Å². The van der Waals surface area contributed by atoms with E-state index in [1.807, 2.05) is 58.8 Å². The van der Waals surface area contributed by atoms with Crippen LogP contribution in [0.4, 0.5) is 10.8 Å². The van der Waals surface area contributed by atoms with E-state index in [4.69, 9.17) is 9.47 Å². The smallest absolute Gasteiger partial charge is 0.240 e. The van der Waals surface area contributed by atoms with Crippen LogP contribution in [-0.4, -0.2) is 55.6 Å². The SMILES string of the molecule is COc1ccc(-c2csc(NC(=O)CN3CCCC(C(=O)Nc4ccccc4)C3)n2)cc1OC. The van der Waals surface area contributed by atoms with Crippen LogP contribution in [0.25, 0.3) is 11.3 Å². The van der Waals surface area contributed by atoms with Gasteiger partial charge in [-0.25, -0.2) is 4.98 Å². The Balaban J connectivity index is 1.31. The number of aromatic nitrogens is 1. The monoisotopic (exact) mass is 480 g/mol. The molecule has 0 bridgehead atoms. The molecule has 0 aliphatic carbocycles. The van der Waals surface area contributed by atoms with Gasteiger partial charge in [0.25, 0.3) is 0 Å². The average molecular weight is 481 g/mol. The number of ether oxygens (including phenoxy) is 2. The van der Waals surface area contributed by atoms with Gasteiger partial charge in [0.1, 0.15) is 0 Å². The van der Waals surface area contributed by atoms with Gasteiger partial charge in [0.05, 0.1) is 32.4 Å². The molecule has 1 aliphatic heterocycles. The number of para-hydroxylation sites is 1. The van der Waals surface area contributed by atoms with E-state index in [0.29, 0.717) is 23.2 Å². The fourth-order valence-corrected chi connectivity index (χ4v) is 4.74. The summed E-state index contributed by atoms with van der Waals surface area (Å²) in [6.07, 6.45) is 1.69. The van der Waals surface area contributed by atoms with Crippen LogP contribution in [0.5, 0.6) is 11.5 Å². The number of hydrogen-bond acceptors (Lipinski definition) is 7. The number of amides is 2. The minimum Gasteiger partial charge on any atom is -0.493 e. The number of likely N-dealkylation sites (tertiary alicyclic amines) is 1. The first-order valence-electron chi connectivity index (χ1n) is 11.1. The van der Waals surface area contributed by atoms with Crippen LogP contribution in [0, 0.1) is 5.92 Å². The lowest BCUT2D eigenvalue weighted by molar-refractivity contribution is -0.123. The van der Waals surface area contributed by atoms with Gasteiger partial charge >= 0.3 is 0 Å². The number of methoxy groups -OCH3 is 2. The van der Waals surface area contributed by atoms with Crippen molar-refractivity contribution in [2.24, 2.45) is 5.92 Å². The lowest BCUT2D eigenvalue weighted by atomic mass is 9.97. The Morgan fingerprint density at radius 1 is 1.09 bits per heavy atom. The van der Waals surface area contributed by atoms with E-state index in [-0.39, 0.29) is 24.3 Å². The number of anilines is 2. The summed E-state index contributed by atoms with van der Waals surface area (Å²) in [7, 11) is 3.18. The van der Waals surface area contributed by atoms with E-state index in [1.54, 1.807) is 14.2 Å². The van der Waals surface area contributed by atoms with Gasteiger partial charge in [-0.3, -0.25) is 14.5 Å². The highest BCUT2D eigenvalue weighted by atomic mass is 32.1. The second-order valence-electron chi connectivity index (χ2n) is 8.09. The highest BCUT2D eigenvalue weighted by Crippen LogP contribution is 2.33. The number of carbonyl (C=O) groups excluding carboxylic acids is 2. The fraction of sp³-hybridized carbons (Fsp3) is 0.320. The number of carbonyl (C=O) groups is 2. The maximum atomic E-state index is 12.7. The first kappa shape index (κ1) is 23.7. The molecule has 1 saturated heterocycles. The highest BCUT2D eigenvalue weighted by Gasteiger charge is 2.27. The molecule has 0 saturated carbocycles. The second-order valence-corrected chi connectivity index (χ2v) is 8.94. The van der Waals surface area contributed by atoms with Crippen LogP contribution >= 0.6 is 11.3 Å². The summed E-state index contributed by atoms with van der Waals surface area (Å²) in [5.74, 6) is 0.980. The van der Waals surface area contributed by atoms with Crippen molar-refractivity contribution in [2.45, 2.75) is 12.8 Å². The molecule has 1 aromatic heterocycles. The largest absolute Gasteiger partial charge is 0.493 e. The van der Waals surface area contributed by atoms with Gasteiger partial charge in [-0.15, -0.1) is 11.3 Å². The quantitative estimate of drug-likeness (QED) is 0.504. The van der Waals surface area contributed by atoms with Crippen molar-refractivity contribution < 1.29 is 19.1 Å². The van der Waals surface area contributed by atoms with E-state index in [1.165, 1.54) is 11.3 Å². The highest BCUT2D eigenvalue weighted by molar-refractivity contribution is 7.14. The van der Waals surface area contributed by atoms with E-state index < -0.39 is 0 Å². The third-order valence-electron chi connectivity index (χ3n) is 5.71. The summed E-state index contributed by atoms with van der Waals surface area (Å²) in [5, 5.41) is 8.28. The molecular formula is C25H28N4O4S. The number of thiazole rings is 1. The number of benzene rings is 2. The minimum absolute atomic E-state index is 0.00390. The second kappa shape index (κ2) is 11.1. The maximum Gasteiger partial charge on any atom is 0.240 e. The Kier molecular flexibility index (Phi) is 7.76. The predicted octanol–water partition coefficient (Wildman–Crippen LogP) is 4.12. The van der Waals surface area contributed by atoms with Crippen molar-refractivity contribution in [2.75, 3.05) is 44.5 Å². The number of rotatable bonds is 8. The number of nitrogens with one attached hydrogen (secondary N) is 2. The predicted molar refractivity (Wildman–Crippen MR) is 134 cm³/mol. The van der Waals surface area contributed by atoms with Crippen LogP contribution in [0.2, 0.25) is 0 Å². The van der Waals surface area contributed by atoms with Crippen LogP contribution in [0.1, 0.15) is 12.8 Å².